The number of sulfonamides is 1. The first-order valence-corrected chi connectivity index (χ1v) is 12.2. The molecule has 3 rings (SSSR count). The molecule has 0 bridgehead atoms. The fourth-order valence-corrected chi connectivity index (χ4v) is 5.78. The second-order valence-corrected chi connectivity index (χ2v) is 10.2. The van der Waals surface area contributed by atoms with Crippen LogP contribution < -0.4 is 5.32 Å². The molecule has 162 valence electrons. The van der Waals surface area contributed by atoms with E-state index in [9.17, 15) is 13.2 Å². The summed E-state index contributed by atoms with van der Waals surface area (Å²) in [5.41, 5.74) is 0.527. The Hall–Kier alpha value is -0.900. The van der Waals surface area contributed by atoms with Crippen molar-refractivity contribution in [3.05, 3.63) is 33.8 Å². The summed E-state index contributed by atoms with van der Waals surface area (Å²) in [7, 11) is -3.50. The summed E-state index contributed by atoms with van der Waals surface area (Å²) in [6.45, 7) is 5.36. The van der Waals surface area contributed by atoms with Gasteiger partial charge in [-0.2, -0.15) is 0 Å². The largest absolute Gasteiger partial charge is 0.379 e. The molecule has 1 aromatic carbocycles. The first-order valence-electron chi connectivity index (χ1n) is 9.85. The Balaban J connectivity index is 1.44. The van der Waals surface area contributed by atoms with Crippen LogP contribution in [0.25, 0.3) is 0 Å². The number of rotatable bonds is 7. The fraction of sp³-hybridized carbons (Fsp3) is 0.632. The molecular weight excluding hydrogens is 437 g/mol. The van der Waals surface area contributed by atoms with Crippen molar-refractivity contribution in [2.24, 2.45) is 5.92 Å². The summed E-state index contributed by atoms with van der Waals surface area (Å²) in [6, 6.07) is 4.81. The van der Waals surface area contributed by atoms with Gasteiger partial charge in [0.1, 0.15) is 0 Å². The molecule has 0 unspecified atom stereocenters. The molecule has 7 nitrogen and oxygen atoms in total. The number of benzene rings is 1. The van der Waals surface area contributed by atoms with Crippen molar-refractivity contribution in [2.45, 2.75) is 18.6 Å². The predicted octanol–water partition coefficient (Wildman–Crippen LogP) is 1.98. The van der Waals surface area contributed by atoms with Crippen LogP contribution in [0.3, 0.4) is 0 Å². The van der Waals surface area contributed by atoms with Crippen molar-refractivity contribution < 1.29 is 17.9 Å². The Bertz CT molecular complexity index is 808. The van der Waals surface area contributed by atoms with Gasteiger partial charge < -0.3 is 10.1 Å². The maximum atomic E-state index is 12.7. The molecule has 29 heavy (non-hydrogen) atoms. The van der Waals surface area contributed by atoms with Gasteiger partial charge in [-0.3, -0.25) is 9.69 Å². The van der Waals surface area contributed by atoms with E-state index in [0.29, 0.717) is 48.1 Å². The van der Waals surface area contributed by atoms with E-state index in [4.69, 9.17) is 27.9 Å². The van der Waals surface area contributed by atoms with Crippen LogP contribution in [0.15, 0.2) is 18.2 Å². The van der Waals surface area contributed by atoms with Crippen LogP contribution in [-0.4, -0.2) is 76.0 Å². The van der Waals surface area contributed by atoms with Crippen molar-refractivity contribution in [2.75, 3.05) is 52.5 Å². The highest BCUT2D eigenvalue weighted by Crippen LogP contribution is 2.26. The molecule has 10 heteroatoms. The summed E-state index contributed by atoms with van der Waals surface area (Å²) in [5, 5.41) is 3.80. The van der Waals surface area contributed by atoms with Gasteiger partial charge in [-0.05, 0) is 30.5 Å². The minimum atomic E-state index is -3.50. The Morgan fingerprint density at radius 1 is 1.14 bits per heavy atom. The van der Waals surface area contributed by atoms with Crippen LogP contribution in [-0.2, 0) is 25.3 Å². The molecule has 2 heterocycles. The summed E-state index contributed by atoms with van der Waals surface area (Å²) >= 11 is 12.0. The normalized spacial score (nSPS) is 19.9. The SMILES string of the molecule is O=C(NCCN1CCOCC1)C1CCN(S(=O)(=O)Cc2ccc(Cl)cc2Cl)CC1. The molecule has 0 spiro atoms. The third kappa shape index (κ3) is 6.54. The number of amides is 1. The average molecular weight is 464 g/mol. The molecule has 0 aliphatic carbocycles. The highest BCUT2D eigenvalue weighted by Gasteiger charge is 2.31. The molecule has 0 atom stereocenters. The van der Waals surface area contributed by atoms with Gasteiger partial charge in [0, 0.05) is 55.2 Å². The lowest BCUT2D eigenvalue weighted by Gasteiger charge is -2.31. The molecule has 0 radical (unpaired) electrons. The van der Waals surface area contributed by atoms with Crippen molar-refractivity contribution in [3.63, 3.8) is 0 Å². The van der Waals surface area contributed by atoms with E-state index in [2.05, 4.69) is 10.2 Å². The van der Waals surface area contributed by atoms with E-state index in [1.807, 2.05) is 0 Å². The lowest BCUT2D eigenvalue weighted by Crippen LogP contribution is -2.45. The van der Waals surface area contributed by atoms with E-state index in [1.165, 1.54) is 4.31 Å². The molecule has 2 saturated heterocycles. The quantitative estimate of drug-likeness (QED) is 0.668. The number of halogens is 2. The maximum absolute atomic E-state index is 12.7. The number of carbonyl (C=O) groups is 1. The van der Waals surface area contributed by atoms with E-state index in [-0.39, 0.29) is 17.6 Å². The zero-order chi connectivity index (χ0) is 20.9. The average Bonchev–Trinajstić information content (AvgIpc) is 2.71. The minimum Gasteiger partial charge on any atom is -0.379 e. The van der Waals surface area contributed by atoms with Crippen LogP contribution >= 0.6 is 23.2 Å². The number of nitrogens with one attached hydrogen (secondary N) is 1. The first-order chi connectivity index (χ1) is 13.8. The first kappa shape index (κ1) is 22.8. The van der Waals surface area contributed by atoms with Crippen molar-refractivity contribution in [1.29, 1.82) is 0 Å². The number of hydrogen-bond acceptors (Lipinski definition) is 5. The molecule has 1 amide bonds. The van der Waals surface area contributed by atoms with Gasteiger partial charge in [-0.25, -0.2) is 12.7 Å². The molecule has 1 aromatic rings. The third-order valence-electron chi connectivity index (χ3n) is 5.40. The van der Waals surface area contributed by atoms with Gasteiger partial charge in [0.05, 0.1) is 19.0 Å². The fourth-order valence-electron chi connectivity index (χ4n) is 3.63. The minimum absolute atomic E-state index is 0.0102. The lowest BCUT2D eigenvalue weighted by molar-refractivity contribution is -0.126. The number of morpholine rings is 1. The van der Waals surface area contributed by atoms with Crippen LogP contribution in [0.2, 0.25) is 10.0 Å². The standard InChI is InChI=1S/C19H27Cl2N3O4S/c20-17-2-1-16(18(21)13-17)14-29(26,27)24-6-3-15(4-7-24)19(25)22-5-8-23-9-11-28-12-10-23/h1-2,13,15H,3-12,14H2,(H,22,25). The second kappa shape index (κ2) is 10.4. The monoisotopic (exact) mass is 463 g/mol. The number of piperidine rings is 1. The molecule has 0 aromatic heterocycles. The topological polar surface area (TPSA) is 79.0 Å². The maximum Gasteiger partial charge on any atom is 0.223 e. The van der Waals surface area contributed by atoms with E-state index >= 15 is 0 Å². The summed E-state index contributed by atoms with van der Waals surface area (Å²) in [4.78, 5) is 14.7. The van der Waals surface area contributed by atoms with Crippen LogP contribution in [0.1, 0.15) is 18.4 Å². The van der Waals surface area contributed by atoms with Crippen molar-refractivity contribution >= 4 is 39.1 Å². The van der Waals surface area contributed by atoms with Crippen LogP contribution in [0.5, 0.6) is 0 Å². The van der Waals surface area contributed by atoms with Crippen LogP contribution in [0, 0.1) is 5.92 Å². The van der Waals surface area contributed by atoms with Crippen molar-refractivity contribution in [3.8, 4) is 0 Å². The number of carbonyl (C=O) groups excluding carboxylic acids is 1. The van der Waals surface area contributed by atoms with E-state index in [1.54, 1.807) is 18.2 Å². The summed E-state index contributed by atoms with van der Waals surface area (Å²) in [5.74, 6) is -0.305. The zero-order valence-corrected chi connectivity index (χ0v) is 18.6. The van der Waals surface area contributed by atoms with Gasteiger partial charge in [0.2, 0.25) is 15.9 Å². The smallest absolute Gasteiger partial charge is 0.223 e. The van der Waals surface area contributed by atoms with Crippen LogP contribution in [0.4, 0.5) is 0 Å². The predicted molar refractivity (Wildman–Crippen MR) is 114 cm³/mol. The number of hydrogen-bond donors (Lipinski definition) is 1. The summed E-state index contributed by atoms with van der Waals surface area (Å²) < 4.78 is 32.2. The lowest BCUT2D eigenvalue weighted by atomic mass is 9.97. The molecule has 2 fully saturated rings. The van der Waals surface area contributed by atoms with Gasteiger partial charge in [0.15, 0.2) is 0 Å². The van der Waals surface area contributed by atoms with Gasteiger partial charge >= 0.3 is 0 Å². The molecule has 1 N–H and O–H groups in total. The number of nitrogens with zero attached hydrogens (tertiary/aromatic N) is 2. The Morgan fingerprint density at radius 3 is 2.48 bits per heavy atom. The van der Waals surface area contributed by atoms with Crippen molar-refractivity contribution in [1.82, 2.24) is 14.5 Å². The molecule has 2 aliphatic heterocycles. The number of ether oxygens (including phenoxy) is 1. The zero-order valence-electron chi connectivity index (χ0n) is 16.3. The Morgan fingerprint density at radius 2 is 1.83 bits per heavy atom. The highest BCUT2D eigenvalue weighted by atomic mass is 35.5. The van der Waals surface area contributed by atoms with Gasteiger partial charge in [0.25, 0.3) is 0 Å². The Kier molecular flexibility index (Phi) is 8.18. The molecule has 2 aliphatic rings. The summed E-state index contributed by atoms with van der Waals surface area (Å²) in [6.07, 6.45) is 1.05. The van der Waals surface area contributed by atoms with Gasteiger partial charge in [-0.15, -0.1) is 0 Å². The highest BCUT2D eigenvalue weighted by molar-refractivity contribution is 7.88. The second-order valence-electron chi connectivity index (χ2n) is 7.41. The van der Waals surface area contributed by atoms with E-state index < -0.39 is 10.0 Å². The third-order valence-corrected chi connectivity index (χ3v) is 7.82. The van der Waals surface area contributed by atoms with E-state index in [0.717, 1.165) is 32.8 Å². The Labute approximate surface area is 182 Å². The van der Waals surface area contributed by atoms with Gasteiger partial charge in [-0.1, -0.05) is 29.3 Å². The molecule has 0 saturated carbocycles. The molecular formula is C19H27Cl2N3O4S.